The summed E-state index contributed by atoms with van der Waals surface area (Å²) in [6.07, 6.45) is -2.55. The van der Waals surface area contributed by atoms with Crippen molar-refractivity contribution in [1.29, 1.82) is 0 Å². The number of aliphatic hydroxyl groups excluding tert-OH is 2. The van der Waals surface area contributed by atoms with E-state index in [9.17, 15) is 23.1 Å². The molecule has 2 aromatic heterocycles. The molecule has 3 aromatic rings. The monoisotopic (exact) mass is 573 g/mol. The van der Waals surface area contributed by atoms with Crippen LogP contribution in [0.1, 0.15) is 63.7 Å². The number of nitrogens with one attached hydrogen (secondary N) is 2. The summed E-state index contributed by atoms with van der Waals surface area (Å²) in [6.45, 7) is 1.70. The van der Waals surface area contributed by atoms with E-state index in [0.29, 0.717) is 17.8 Å². The molecule has 8 nitrogen and oxygen atoms in total. The van der Waals surface area contributed by atoms with Crippen molar-refractivity contribution in [2.24, 2.45) is 0 Å². The van der Waals surface area contributed by atoms with E-state index in [1.807, 2.05) is 0 Å². The highest BCUT2D eigenvalue weighted by Crippen LogP contribution is 2.36. The van der Waals surface area contributed by atoms with Gasteiger partial charge < -0.3 is 15.5 Å². The van der Waals surface area contributed by atoms with Crippen LogP contribution in [0.4, 0.5) is 18.9 Å². The third-order valence-corrected chi connectivity index (χ3v) is 6.68. The van der Waals surface area contributed by atoms with E-state index in [-0.39, 0.29) is 33.6 Å². The highest BCUT2D eigenvalue weighted by molar-refractivity contribution is 7.13. The average molecular weight is 574 g/mol. The van der Waals surface area contributed by atoms with Crippen molar-refractivity contribution >= 4 is 46.1 Å². The molecule has 0 saturated carbocycles. The molecule has 1 aromatic carbocycles. The largest absolute Gasteiger partial charge is 0.417 e. The second-order valence-corrected chi connectivity index (χ2v) is 9.40. The number of anilines is 1. The van der Waals surface area contributed by atoms with E-state index in [1.165, 1.54) is 18.6 Å². The third-order valence-electron chi connectivity index (χ3n) is 4.80. The predicted octanol–water partition coefficient (Wildman–Crippen LogP) is 4.98. The van der Waals surface area contributed by atoms with E-state index in [4.69, 9.17) is 28.3 Å². The first-order chi connectivity index (χ1) is 17.5. The van der Waals surface area contributed by atoms with E-state index < -0.39 is 34.9 Å². The van der Waals surface area contributed by atoms with Crippen molar-refractivity contribution in [3.8, 4) is 11.8 Å². The Morgan fingerprint density at radius 1 is 1.24 bits per heavy atom. The van der Waals surface area contributed by atoms with Crippen LogP contribution in [-0.2, 0) is 6.18 Å². The number of thiazole rings is 1. The minimum atomic E-state index is -4.67. The minimum Gasteiger partial charge on any atom is -0.396 e. The van der Waals surface area contributed by atoms with E-state index in [1.54, 1.807) is 6.92 Å². The van der Waals surface area contributed by atoms with E-state index in [0.717, 1.165) is 23.5 Å². The van der Waals surface area contributed by atoms with Gasteiger partial charge in [0.2, 0.25) is 0 Å². The Morgan fingerprint density at radius 2 is 2.00 bits per heavy atom. The SMILES string of the molecule is CC(NC(O)c1ncnc(C#CCCCO)c1Cl)c1ncc(C(=O)Nc2ccc(Cl)c(C(F)(F)F)c2)s1. The number of carbonyl (C=O) groups is 1. The molecular weight excluding hydrogens is 554 g/mol. The first-order valence-electron chi connectivity index (χ1n) is 10.7. The summed E-state index contributed by atoms with van der Waals surface area (Å²) in [5.41, 5.74) is -0.826. The molecule has 2 atom stereocenters. The van der Waals surface area contributed by atoms with Crippen molar-refractivity contribution in [2.75, 3.05) is 11.9 Å². The zero-order chi connectivity index (χ0) is 27.2. The van der Waals surface area contributed by atoms with Crippen molar-refractivity contribution in [1.82, 2.24) is 20.3 Å². The van der Waals surface area contributed by atoms with Crippen molar-refractivity contribution in [3.05, 3.63) is 67.6 Å². The summed E-state index contributed by atoms with van der Waals surface area (Å²) in [6, 6.07) is 2.50. The molecule has 3 rings (SSSR count). The molecule has 0 fully saturated rings. The number of nitrogens with zero attached hydrogens (tertiary/aromatic N) is 3. The lowest BCUT2D eigenvalue weighted by Crippen LogP contribution is -2.25. The maximum atomic E-state index is 13.1. The summed E-state index contributed by atoms with van der Waals surface area (Å²) in [7, 11) is 0. The predicted molar refractivity (Wildman–Crippen MR) is 133 cm³/mol. The number of unbranched alkanes of at least 4 members (excludes halogenated alkanes) is 1. The summed E-state index contributed by atoms with van der Waals surface area (Å²) in [5, 5.41) is 24.7. The number of benzene rings is 1. The number of aliphatic hydroxyl groups is 2. The van der Waals surface area contributed by atoms with Gasteiger partial charge in [-0.25, -0.2) is 15.0 Å². The molecule has 37 heavy (non-hydrogen) atoms. The molecule has 0 radical (unpaired) electrons. The lowest BCUT2D eigenvalue weighted by atomic mass is 10.2. The zero-order valence-corrected chi connectivity index (χ0v) is 21.4. The van der Waals surface area contributed by atoms with Gasteiger partial charge in [0.15, 0.2) is 0 Å². The van der Waals surface area contributed by atoms with Crippen LogP contribution in [0.15, 0.2) is 30.7 Å². The number of hydrogen-bond donors (Lipinski definition) is 4. The van der Waals surface area contributed by atoms with Crippen LogP contribution in [0, 0.1) is 11.8 Å². The Kier molecular flexibility index (Phi) is 9.83. The Bertz CT molecular complexity index is 1330. The molecule has 2 heterocycles. The second kappa shape index (κ2) is 12.6. The molecule has 0 saturated heterocycles. The van der Waals surface area contributed by atoms with E-state index in [2.05, 4.69) is 37.4 Å². The second-order valence-electron chi connectivity index (χ2n) is 7.55. The van der Waals surface area contributed by atoms with Crippen molar-refractivity contribution in [2.45, 2.75) is 38.2 Å². The Hall–Kier alpha value is -2.79. The van der Waals surface area contributed by atoms with Gasteiger partial charge in [-0.3, -0.25) is 10.1 Å². The molecule has 0 aliphatic rings. The quantitative estimate of drug-likeness (QED) is 0.170. The highest BCUT2D eigenvalue weighted by Gasteiger charge is 2.33. The Balaban J connectivity index is 1.68. The smallest absolute Gasteiger partial charge is 0.396 e. The number of rotatable bonds is 8. The average Bonchev–Trinajstić information content (AvgIpc) is 3.34. The van der Waals surface area contributed by atoms with Gasteiger partial charge in [0, 0.05) is 18.7 Å². The van der Waals surface area contributed by atoms with E-state index >= 15 is 0 Å². The van der Waals surface area contributed by atoms with Gasteiger partial charge in [0.25, 0.3) is 5.91 Å². The van der Waals surface area contributed by atoms with Gasteiger partial charge in [0.1, 0.15) is 38.9 Å². The third kappa shape index (κ3) is 7.61. The molecule has 0 aliphatic carbocycles. The molecule has 0 bridgehead atoms. The number of aromatic nitrogens is 3. The maximum Gasteiger partial charge on any atom is 0.417 e. The van der Waals surface area contributed by atoms with Gasteiger partial charge in [-0.2, -0.15) is 13.2 Å². The van der Waals surface area contributed by atoms with Gasteiger partial charge in [0.05, 0.1) is 22.8 Å². The topological polar surface area (TPSA) is 120 Å². The van der Waals surface area contributed by atoms with Crippen LogP contribution >= 0.6 is 34.5 Å². The molecule has 14 heteroatoms. The van der Waals surface area contributed by atoms with Crippen LogP contribution < -0.4 is 10.6 Å². The highest BCUT2D eigenvalue weighted by atomic mass is 35.5. The fraction of sp³-hybridized carbons (Fsp3) is 0.304. The fourth-order valence-electron chi connectivity index (χ4n) is 2.97. The van der Waals surface area contributed by atoms with Crippen LogP contribution in [0.3, 0.4) is 0 Å². The molecule has 2 unspecified atom stereocenters. The Labute approximate surface area is 223 Å². The number of hydrogen-bond acceptors (Lipinski definition) is 8. The van der Waals surface area contributed by atoms with Gasteiger partial charge in [-0.15, -0.1) is 11.3 Å². The fourth-order valence-corrected chi connectivity index (χ4v) is 4.27. The number of alkyl halides is 3. The molecule has 196 valence electrons. The molecule has 0 aliphatic heterocycles. The lowest BCUT2D eigenvalue weighted by molar-refractivity contribution is -0.137. The van der Waals surface area contributed by atoms with Crippen LogP contribution in [0.2, 0.25) is 10.0 Å². The zero-order valence-electron chi connectivity index (χ0n) is 19.1. The lowest BCUT2D eigenvalue weighted by Gasteiger charge is -2.18. The van der Waals surface area contributed by atoms with Crippen LogP contribution in [0.25, 0.3) is 0 Å². The maximum absolute atomic E-state index is 13.1. The summed E-state index contributed by atoms with van der Waals surface area (Å²) in [5.74, 6) is 4.94. The normalized spacial score (nSPS) is 13.0. The summed E-state index contributed by atoms with van der Waals surface area (Å²) >= 11 is 12.9. The van der Waals surface area contributed by atoms with Gasteiger partial charge in [-0.05, 0) is 37.5 Å². The standard InChI is InChI=1S/C23H20Cl2F3N5O3S/c1-12(32-21(36)19-18(25)16(30-11-31-19)5-3-2-4-8-34)22-29-10-17(37-22)20(35)33-13-6-7-15(24)14(9-13)23(26,27)28/h6-7,9-12,21,32,34,36H,2,4,8H2,1H3,(H,33,35). The summed E-state index contributed by atoms with van der Waals surface area (Å²) in [4.78, 5) is 24.9. The molecule has 1 amide bonds. The number of halogens is 5. The van der Waals surface area contributed by atoms with Crippen LogP contribution in [-0.4, -0.2) is 37.7 Å². The molecule has 0 spiro atoms. The minimum absolute atomic E-state index is 0.0121. The molecular formula is C23H20Cl2F3N5O3S. The van der Waals surface area contributed by atoms with Gasteiger partial charge in [-0.1, -0.05) is 29.1 Å². The first-order valence-corrected chi connectivity index (χ1v) is 12.3. The number of amides is 1. The van der Waals surface area contributed by atoms with Crippen molar-refractivity contribution in [3.63, 3.8) is 0 Å². The number of carbonyl (C=O) groups excluding carboxylic acids is 1. The van der Waals surface area contributed by atoms with Crippen molar-refractivity contribution < 1.29 is 28.2 Å². The molecule has 4 N–H and O–H groups in total. The Morgan fingerprint density at radius 3 is 2.70 bits per heavy atom. The first kappa shape index (κ1) is 28.8. The van der Waals surface area contributed by atoms with Gasteiger partial charge >= 0.3 is 6.18 Å². The van der Waals surface area contributed by atoms with Crippen LogP contribution in [0.5, 0.6) is 0 Å². The summed E-state index contributed by atoms with van der Waals surface area (Å²) < 4.78 is 39.2.